The van der Waals surface area contributed by atoms with E-state index in [-0.39, 0.29) is 18.2 Å². The third-order valence-electron chi connectivity index (χ3n) is 4.06. The molecule has 6 nitrogen and oxygen atoms in total. The number of rotatable bonds is 2. The molecule has 0 aliphatic carbocycles. The molecule has 0 bridgehead atoms. The third kappa shape index (κ3) is 2.65. The van der Waals surface area contributed by atoms with Gasteiger partial charge in [-0.2, -0.15) is 5.10 Å². The number of carbonyl (C=O) groups excluding carboxylic acids is 1. The molecule has 1 aromatic heterocycles. The van der Waals surface area contributed by atoms with Crippen molar-refractivity contribution in [3.8, 4) is 0 Å². The summed E-state index contributed by atoms with van der Waals surface area (Å²) in [6.07, 6.45) is 0.0649. The lowest BCUT2D eigenvalue weighted by atomic mass is 10.1. The predicted molar refractivity (Wildman–Crippen MR) is 78.0 cm³/mol. The molecule has 2 atom stereocenters. The first kappa shape index (κ1) is 14.8. The highest BCUT2D eigenvalue weighted by atomic mass is 16.5. The monoisotopic (exact) mass is 280 g/mol. The van der Waals surface area contributed by atoms with Crippen LogP contribution in [0.25, 0.3) is 0 Å². The zero-order valence-electron chi connectivity index (χ0n) is 12.9. The van der Waals surface area contributed by atoms with E-state index in [2.05, 4.69) is 10.4 Å². The first-order valence-electron chi connectivity index (χ1n) is 7.19. The summed E-state index contributed by atoms with van der Waals surface area (Å²) in [4.78, 5) is 14.3. The van der Waals surface area contributed by atoms with E-state index in [4.69, 9.17) is 4.74 Å². The molecule has 0 spiro atoms. The van der Waals surface area contributed by atoms with Crippen molar-refractivity contribution < 1.29 is 9.53 Å². The second kappa shape index (κ2) is 5.83. The van der Waals surface area contributed by atoms with Gasteiger partial charge in [0.1, 0.15) is 0 Å². The molecule has 1 N–H and O–H groups in total. The Balaban J connectivity index is 2.13. The van der Waals surface area contributed by atoms with Crippen LogP contribution in [-0.2, 0) is 11.3 Å². The molecular formula is C14H24N4O2. The van der Waals surface area contributed by atoms with Crippen LogP contribution in [0.5, 0.6) is 0 Å². The Labute approximate surface area is 120 Å². The molecule has 1 aliphatic rings. The second-order valence-electron chi connectivity index (χ2n) is 5.30. The van der Waals surface area contributed by atoms with E-state index in [1.54, 1.807) is 0 Å². The van der Waals surface area contributed by atoms with Gasteiger partial charge in [0.2, 0.25) is 0 Å². The van der Waals surface area contributed by atoms with Crippen LogP contribution in [0, 0.1) is 13.8 Å². The summed E-state index contributed by atoms with van der Waals surface area (Å²) in [5.41, 5.74) is 2.67. The molecule has 2 heterocycles. The largest absolute Gasteiger partial charge is 0.375 e. The van der Waals surface area contributed by atoms with Gasteiger partial charge in [-0.1, -0.05) is 0 Å². The first-order valence-corrected chi connectivity index (χ1v) is 7.19. The smallest absolute Gasteiger partial charge is 0.322 e. The number of hydrogen-bond acceptors (Lipinski definition) is 3. The van der Waals surface area contributed by atoms with Crippen LogP contribution in [0.4, 0.5) is 10.5 Å². The van der Waals surface area contributed by atoms with Crippen LogP contribution < -0.4 is 5.32 Å². The molecule has 6 heteroatoms. The number of hydrogen-bond donors (Lipinski definition) is 1. The summed E-state index contributed by atoms with van der Waals surface area (Å²) in [5, 5.41) is 7.42. The van der Waals surface area contributed by atoms with Crippen molar-refractivity contribution in [2.24, 2.45) is 0 Å². The number of anilines is 1. The van der Waals surface area contributed by atoms with Crippen molar-refractivity contribution in [1.82, 2.24) is 14.7 Å². The highest BCUT2D eigenvalue weighted by molar-refractivity contribution is 5.90. The van der Waals surface area contributed by atoms with E-state index in [1.807, 2.05) is 44.2 Å². The van der Waals surface area contributed by atoms with Crippen molar-refractivity contribution in [2.75, 3.05) is 18.5 Å². The van der Waals surface area contributed by atoms with Gasteiger partial charge >= 0.3 is 6.03 Å². The fourth-order valence-corrected chi connectivity index (χ4v) is 2.58. The number of amides is 2. The van der Waals surface area contributed by atoms with E-state index in [0.717, 1.165) is 23.6 Å². The number of nitrogens with one attached hydrogen (secondary N) is 1. The van der Waals surface area contributed by atoms with Crippen LogP contribution in [0.15, 0.2) is 0 Å². The van der Waals surface area contributed by atoms with Crippen LogP contribution >= 0.6 is 0 Å². The number of aryl methyl sites for hydroxylation is 2. The van der Waals surface area contributed by atoms with E-state index < -0.39 is 0 Å². The minimum absolute atomic E-state index is 0.0649. The quantitative estimate of drug-likeness (QED) is 0.903. The molecule has 1 fully saturated rings. The number of urea groups is 1. The van der Waals surface area contributed by atoms with Crippen molar-refractivity contribution in [2.45, 2.75) is 53.3 Å². The normalized spacial score (nSPS) is 22.9. The summed E-state index contributed by atoms with van der Waals surface area (Å²) >= 11 is 0. The lowest BCUT2D eigenvalue weighted by Crippen LogP contribution is -2.52. The van der Waals surface area contributed by atoms with Crippen LogP contribution in [0.1, 0.15) is 32.2 Å². The van der Waals surface area contributed by atoms with E-state index in [9.17, 15) is 4.79 Å². The number of carbonyl (C=O) groups is 1. The van der Waals surface area contributed by atoms with Crippen molar-refractivity contribution in [1.29, 1.82) is 0 Å². The number of ether oxygens (including phenoxy) is 1. The number of nitrogens with zero attached hydrogens (tertiary/aromatic N) is 3. The van der Waals surface area contributed by atoms with Crippen LogP contribution in [-0.4, -0.2) is 46.0 Å². The Morgan fingerprint density at radius 1 is 1.45 bits per heavy atom. The lowest BCUT2D eigenvalue weighted by molar-refractivity contribution is -0.0355. The summed E-state index contributed by atoms with van der Waals surface area (Å²) < 4.78 is 7.45. The average Bonchev–Trinajstić information content (AvgIpc) is 2.69. The molecule has 1 aromatic rings. The third-order valence-corrected chi connectivity index (χ3v) is 4.06. The molecule has 0 radical (unpaired) electrons. The first-order chi connectivity index (χ1) is 9.45. The number of morpholine rings is 1. The van der Waals surface area contributed by atoms with Crippen molar-refractivity contribution >= 4 is 11.7 Å². The molecular weight excluding hydrogens is 256 g/mol. The Morgan fingerprint density at radius 2 is 2.15 bits per heavy atom. The summed E-state index contributed by atoms with van der Waals surface area (Å²) in [7, 11) is 0. The maximum atomic E-state index is 12.4. The Kier molecular flexibility index (Phi) is 4.32. The predicted octanol–water partition coefficient (Wildman–Crippen LogP) is 2.16. The molecule has 1 saturated heterocycles. The van der Waals surface area contributed by atoms with Gasteiger partial charge in [-0.25, -0.2) is 4.79 Å². The zero-order valence-corrected chi connectivity index (χ0v) is 12.9. The topological polar surface area (TPSA) is 59.4 Å². The maximum absolute atomic E-state index is 12.4. The molecule has 112 valence electrons. The van der Waals surface area contributed by atoms with Crippen LogP contribution in [0.2, 0.25) is 0 Å². The van der Waals surface area contributed by atoms with Gasteiger partial charge in [0, 0.05) is 13.1 Å². The Bertz CT molecular complexity index is 498. The highest BCUT2D eigenvalue weighted by Crippen LogP contribution is 2.21. The van der Waals surface area contributed by atoms with Crippen LogP contribution in [0.3, 0.4) is 0 Å². The summed E-state index contributed by atoms with van der Waals surface area (Å²) in [6, 6.07) is 0.0000790. The standard InChI is InChI=1S/C14H24N4O2/c1-6-18-11(4)13(9(2)16-18)15-14(19)17-7-8-20-12(5)10(17)3/h10,12H,6-8H2,1-5H3,(H,15,19)/t10-,12+/m1/s1. The van der Waals surface area contributed by atoms with Crippen molar-refractivity contribution in [3.05, 3.63) is 11.4 Å². The summed E-state index contributed by atoms with van der Waals surface area (Å²) in [6.45, 7) is 12.0. The fraction of sp³-hybridized carbons (Fsp3) is 0.714. The SMILES string of the molecule is CCn1nc(C)c(NC(=O)N2CCO[C@@H](C)[C@H]2C)c1C. The summed E-state index contributed by atoms with van der Waals surface area (Å²) in [5.74, 6) is 0. The fourth-order valence-electron chi connectivity index (χ4n) is 2.58. The van der Waals surface area contributed by atoms with Gasteiger partial charge < -0.3 is 15.0 Å². The highest BCUT2D eigenvalue weighted by Gasteiger charge is 2.29. The molecule has 0 unspecified atom stereocenters. The van der Waals surface area contributed by atoms with Gasteiger partial charge in [0.05, 0.1) is 35.8 Å². The molecule has 0 saturated carbocycles. The van der Waals surface area contributed by atoms with Crippen molar-refractivity contribution in [3.63, 3.8) is 0 Å². The Morgan fingerprint density at radius 3 is 2.75 bits per heavy atom. The second-order valence-corrected chi connectivity index (χ2v) is 5.30. The minimum atomic E-state index is -0.0745. The Hall–Kier alpha value is -1.56. The molecule has 2 rings (SSSR count). The van der Waals surface area contributed by atoms with E-state index in [1.165, 1.54) is 0 Å². The average molecular weight is 280 g/mol. The van der Waals surface area contributed by atoms with Gasteiger partial charge in [-0.05, 0) is 34.6 Å². The maximum Gasteiger partial charge on any atom is 0.322 e. The van der Waals surface area contributed by atoms with E-state index in [0.29, 0.717) is 13.2 Å². The molecule has 0 aromatic carbocycles. The molecule has 20 heavy (non-hydrogen) atoms. The zero-order chi connectivity index (χ0) is 14.9. The van der Waals surface area contributed by atoms with Gasteiger partial charge in [-0.15, -0.1) is 0 Å². The molecule has 2 amide bonds. The lowest BCUT2D eigenvalue weighted by Gasteiger charge is -2.37. The van der Waals surface area contributed by atoms with Gasteiger partial charge in [0.25, 0.3) is 0 Å². The van der Waals surface area contributed by atoms with E-state index >= 15 is 0 Å². The van der Waals surface area contributed by atoms with Gasteiger partial charge in [0.15, 0.2) is 0 Å². The van der Waals surface area contributed by atoms with Gasteiger partial charge in [-0.3, -0.25) is 4.68 Å². The number of aromatic nitrogens is 2. The minimum Gasteiger partial charge on any atom is -0.375 e. The molecule has 1 aliphatic heterocycles.